The van der Waals surface area contributed by atoms with Crippen LogP contribution in [0.15, 0.2) is 0 Å². The lowest BCUT2D eigenvalue weighted by Gasteiger charge is -2.25. The topological polar surface area (TPSA) is 55.8 Å². The molecule has 0 bridgehead atoms. The molecule has 0 aliphatic carbocycles. The van der Waals surface area contributed by atoms with Crippen LogP contribution in [0.1, 0.15) is 33.6 Å². The lowest BCUT2D eigenvalue weighted by Crippen LogP contribution is -2.49. The summed E-state index contributed by atoms with van der Waals surface area (Å²) in [5.74, 6) is 0. The summed E-state index contributed by atoms with van der Waals surface area (Å²) in [5, 5.41) is 8.99. The fraction of sp³-hybridized carbons (Fsp3) is 0.889. The predicted octanol–water partition coefficient (Wildman–Crippen LogP) is 2.56. The zero-order valence-electron chi connectivity index (χ0n) is 9.37. The van der Waals surface area contributed by atoms with Crippen molar-refractivity contribution in [3.63, 3.8) is 0 Å². The molecule has 0 aliphatic rings. The van der Waals surface area contributed by atoms with E-state index in [2.05, 4.69) is 0 Å². The molecular weight excluding hydrogens is 200 g/mol. The van der Waals surface area contributed by atoms with E-state index in [1.807, 2.05) is 13.8 Å². The zero-order valence-corrected chi connectivity index (χ0v) is 10.4. The first-order chi connectivity index (χ1) is 6.46. The molecular formula is C9H20O4Si. The Morgan fingerprint density at radius 2 is 2.07 bits per heavy atom. The van der Waals surface area contributed by atoms with Crippen LogP contribution in [0.2, 0.25) is 6.55 Å². The van der Waals surface area contributed by atoms with Crippen LogP contribution in [-0.2, 0) is 8.85 Å². The van der Waals surface area contributed by atoms with Crippen LogP contribution in [0.3, 0.4) is 0 Å². The molecule has 4 nitrogen and oxygen atoms in total. The molecule has 2 unspecified atom stereocenters. The van der Waals surface area contributed by atoms with Gasteiger partial charge in [0.2, 0.25) is 0 Å². The normalized spacial score (nSPS) is 17.4. The summed E-state index contributed by atoms with van der Waals surface area (Å²) in [7, 11) is -3.01. The molecule has 0 radical (unpaired) electrons. The maximum atomic E-state index is 11.0. The highest BCUT2D eigenvalue weighted by Crippen LogP contribution is 2.14. The molecule has 0 saturated heterocycles. The van der Waals surface area contributed by atoms with Gasteiger partial charge in [-0.1, -0.05) is 13.3 Å². The van der Waals surface area contributed by atoms with E-state index in [-0.39, 0.29) is 6.10 Å². The van der Waals surface area contributed by atoms with E-state index < -0.39 is 14.2 Å². The molecule has 0 aromatic rings. The third-order valence-corrected chi connectivity index (χ3v) is 4.40. The van der Waals surface area contributed by atoms with Gasteiger partial charge in [-0.2, -0.15) is 0 Å². The Hall–Kier alpha value is -0.393. The van der Waals surface area contributed by atoms with Crippen LogP contribution < -0.4 is 0 Å². The lowest BCUT2D eigenvalue weighted by molar-refractivity contribution is 0.116. The van der Waals surface area contributed by atoms with E-state index in [0.717, 1.165) is 12.8 Å². The molecule has 0 heterocycles. The summed E-state index contributed by atoms with van der Waals surface area (Å²) in [6.07, 6.45) is 1.81. The summed E-state index contributed by atoms with van der Waals surface area (Å²) in [5.41, 5.74) is -0.942. The SMILES string of the molecule is CCCC(C)O[Si](C)(OCC)C(=O)O. The standard InChI is InChI=1S/C9H20O4Si/c1-5-7-8(3)13-14(4,9(10)11)12-6-2/h8H,5-7H2,1-4H3,(H,10,11). The van der Waals surface area contributed by atoms with Crippen molar-refractivity contribution in [2.24, 2.45) is 0 Å². The minimum Gasteiger partial charge on any atom is -0.481 e. The van der Waals surface area contributed by atoms with Gasteiger partial charge in [0.25, 0.3) is 0 Å². The van der Waals surface area contributed by atoms with Gasteiger partial charge in [-0.3, -0.25) is 4.79 Å². The van der Waals surface area contributed by atoms with Crippen LogP contribution >= 0.6 is 0 Å². The van der Waals surface area contributed by atoms with E-state index >= 15 is 0 Å². The summed E-state index contributed by atoms with van der Waals surface area (Å²) < 4.78 is 10.7. The minimum atomic E-state index is -3.01. The minimum absolute atomic E-state index is 0.0423. The lowest BCUT2D eigenvalue weighted by atomic mass is 10.2. The van der Waals surface area contributed by atoms with E-state index in [4.69, 9.17) is 14.0 Å². The maximum absolute atomic E-state index is 11.0. The van der Waals surface area contributed by atoms with E-state index in [1.54, 1.807) is 13.5 Å². The Morgan fingerprint density at radius 1 is 1.50 bits per heavy atom. The van der Waals surface area contributed by atoms with Crippen LogP contribution in [0.25, 0.3) is 0 Å². The van der Waals surface area contributed by atoms with Gasteiger partial charge in [0.15, 0.2) is 0 Å². The molecule has 0 rings (SSSR count). The first-order valence-corrected chi connectivity index (χ1v) is 7.33. The number of carboxylic acid groups (broad SMARTS) is 1. The highest BCUT2D eigenvalue weighted by molar-refractivity contribution is 6.94. The Balaban J connectivity index is 4.28. The molecule has 0 aliphatic heterocycles. The molecule has 0 saturated carbocycles. The van der Waals surface area contributed by atoms with Gasteiger partial charge in [0.1, 0.15) is 0 Å². The number of rotatable bonds is 7. The molecule has 2 atom stereocenters. The summed E-state index contributed by atoms with van der Waals surface area (Å²) in [4.78, 5) is 11.0. The Kier molecular flexibility index (Phi) is 5.99. The number of hydrogen-bond acceptors (Lipinski definition) is 3. The Labute approximate surface area is 86.5 Å². The largest absolute Gasteiger partial charge is 0.481 e. The van der Waals surface area contributed by atoms with Crippen LogP contribution in [0.4, 0.5) is 4.79 Å². The summed E-state index contributed by atoms with van der Waals surface area (Å²) in [6.45, 7) is 7.66. The molecule has 14 heavy (non-hydrogen) atoms. The smallest absolute Gasteiger partial charge is 0.459 e. The van der Waals surface area contributed by atoms with Gasteiger partial charge < -0.3 is 14.0 Å². The second kappa shape index (κ2) is 6.16. The second-order valence-corrected chi connectivity index (χ2v) is 6.24. The van der Waals surface area contributed by atoms with Crippen LogP contribution in [0.5, 0.6) is 0 Å². The predicted molar refractivity (Wildman–Crippen MR) is 56.7 cm³/mol. The third-order valence-electron chi connectivity index (χ3n) is 1.93. The van der Waals surface area contributed by atoms with Gasteiger partial charge in [0, 0.05) is 12.7 Å². The average molecular weight is 220 g/mol. The second-order valence-electron chi connectivity index (χ2n) is 3.40. The van der Waals surface area contributed by atoms with E-state index in [1.165, 1.54) is 0 Å². The Morgan fingerprint density at radius 3 is 2.43 bits per heavy atom. The van der Waals surface area contributed by atoms with E-state index in [0.29, 0.717) is 6.61 Å². The summed E-state index contributed by atoms with van der Waals surface area (Å²) in [6, 6.07) is 0. The van der Waals surface area contributed by atoms with Crippen molar-refractivity contribution in [1.82, 2.24) is 0 Å². The van der Waals surface area contributed by atoms with Crippen molar-refractivity contribution in [2.45, 2.75) is 46.3 Å². The fourth-order valence-corrected chi connectivity index (χ4v) is 3.00. The Bertz CT molecular complexity index is 186. The molecule has 0 spiro atoms. The highest BCUT2D eigenvalue weighted by Gasteiger charge is 2.43. The molecule has 1 N–H and O–H groups in total. The maximum Gasteiger partial charge on any atom is 0.459 e. The summed E-state index contributed by atoms with van der Waals surface area (Å²) >= 11 is 0. The quantitative estimate of drug-likeness (QED) is 0.670. The van der Waals surface area contributed by atoms with Crippen molar-refractivity contribution < 1.29 is 18.8 Å². The first-order valence-electron chi connectivity index (χ1n) is 5.01. The van der Waals surface area contributed by atoms with Crippen LogP contribution in [-0.4, -0.2) is 32.0 Å². The van der Waals surface area contributed by atoms with Crippen molar-refractivity contribution in [2.75, 3.05) is 6.61 Å². The zero-order chi connectivity index (χ0) is 11.2. The van der Waals surface area contributed by atoms with Crippen molar-refractivity contribution in [3.05, 3.63) is 0 Å². The highest BCUT2D eigenvalue weighted by atomic mass is 28.4. The average Bonchev–Trinajstić information content (AvgIpc) is 2.04. The van der Waals surface area contributed by atoms with Gasteiger partial charge in [0.05, 0.1) is 0 Å². The third kappa shape index (κ3) is 4.21. The molecule has 0 aromatic carbocycles. The van der Waals surface area contributed by atoms with Crippen molar-refractivity contribution in [1.29, 1.82) is 0 Å². The molecule has 0 fully saturated rings. The first kappa shape index (κ1) is 13.6. The van der Waals surface area contributed by atoms with Gasteiger partial charge in [-0.15, -0.1) is 0 Å². The molecule has 0 aromatic heterocycles. The van der Waals surface area contributed by atoms with E-state index in [9.17, 15) is 4.79 Å². The van der Waals surface area contributed by atoms with Gasteiger partial charge >= 0.3 is 14.2 Å². The molecule has 0 amide bonds. The van der Waals surface area contributed by atoms with Gasteiger partial charge in [-0.05, 0) is 26.8 Å². The molecule has 84 valence electrons. The number of hydrogen-bond donors (Lipinski definition) is 1. The van der Waals surface area contributed by atoms with Gasteiger partial charge in [-0.25, -0.2) is 0 Å². The van der Waals surface area contributed by atoms with Crippen molar-refractivity contribution in [3.8, 4) is 0 Å². The monoisotopic (exact) mass is 220 g/mol. The van der Waals surface area contributed by atoms with Crippen LogP contribution in [0, 0.1) is 0 Å². The van der Waals surface area contributed by atoms with Crippen molar-refractivity contribution >= 4 is 14.2 Å². The fourth-order valence-electron chi connectivity index (χ4n) is 1.27. The molecule has 5 heteroatoms. The number of carbonyl (C=O) groups is 1.